The zero-order chi connectivity index (χ0) is 13.0. The Morgan fingerprint density at radius 3 is 2.83 bits per heavy atom. The Morgan fingerprint density at radius 2 is 2.28 bits per heavy atom. The summed E-state index contributed by atoms with van der Waals surface area (Å²) < 4.78 is 7.16. The van der Waals surface area contributed by atoms with Crippen molar-refractivity contribution in [2.45, 2.75) is 13.5 Å². The third-order valence-electron chi connectivity index (χ3n) is 2.15. The number of aromatic nitrogens is 4. The molecule has 2 heterocycles. The molecule has 0 aliphatic carbocycles. The Kier molecular flexibility index (Phi) is 3.37. The topological polar surface area (TPSA) is 111 Å². The van der Waals surface area contributed by atoms with Gasteiger partial charge < -0.3 is 15.7 Å². The predicted molar refractivity (Wildman–Crippen MR) is 62.5 cm³/mol. The summed E-state index contributed by atoms with van der Waals surface area (Å²) in [5.74, 6) is 0.774. The Labute approximate surface area is 103 Å². The fourth-order valence-electron chi connectivity index (χ4n) is 1.24. The van der Waals surface area contributed by atoms with Gasteiger partial charge in [0.05, 0.1) is 24.8 Å². The highest BCUT2D eigenvalue weighted by Gasteiger charge is 2.05. The molecular formula is C10H12N6O2. The molecule has 18 heavy (non-hydrogen) atoms. The number of ether oxygens (including phenoxy) is 1. The molecule has 0 amide bonds. The molecule has 0 spiro atoms. The van der Waals surface area contributed by atoms with Crippen LogP contribution in [-0.2, 0) is 6.54 Å². The van der Waals surface area contributed by atoms with E-state index in [4.69, 9.17) is 15.7 Å². The van der Waals surface area contributed by atoms with Crippen LogP contribution < -0.4 is 10.5 Å². The highest BCUT2D eigenvalue weighted by molar-refractivity contribution is 5.94. The van der Waals surface area contributed by atoms with E-state index in [-0.39, 0.29) is 11.5 Å². The Morgan fingerprint density at radius 1 is 1.44 bits per heavy atom. The van der Waals surface area contributed by atoms with Gasteiger partial charge in [0.2, 0.25) is 5.88 Å². The lowest BCUT2D eigenvalue weighted by Crippen LogP contribution is -2.15. The molecule has 2 rings (SSSR count). The smallest absolute Gasteiger partial charge is 0.238 e. The lowest BCUT2D eigenvalue weighted by Gasteiger charge is -2.01. The highest BCUT2D eigenvalue weighted by Crippen LogP contribution is 2.17. The standard InChI is InChI=1S/C10H12N6O2/c1-2-16-6-7(3-14-16)18-9-5-12-8(4-13-9)10(11)15-17/h3-6,17H,2H2,1H3,(H2,11,15). The molecule has 94 valence electrons. The lowest BCUT2D eigenvalue weighted by molar-refractivity contribution is 0.318. The molecule has 0 fully saturated rings. The van der Waals surface area contributed by atoms with Crippen LogP contribution in [0.15, 0.2) is 29.9 Å². The molecule has 8 heteroatoms. The molecule has 2 aromatic rings. The van der Waals surface area contributed by atoms with Gasteiger partial charge >= 0.3 is 0 Å². The Hall–Kier alpha value is -2.64. The molecule has 0 aromatic carbocycles. The maximum Gasteiger partial charge on any atom is 0.238 e. The zero-order valence-electron chi connectivity index (χ0n) is 9.69. The number of aryl methyl sites for hydroxylation is 1. The summed E-state index contributed by atoms with van der Waals surface area (Å²) in [5.41, 5.74) is 5.63. The number of nitrogens with two attached hydrogens (primary N) is 1. The van der Waals surface area contributed by atoms with Crippen LogP contribution in [0.25, 0.3) is 0 Å². The van der Waals surface area contributed by atoms with E-state index in [9.17, 15) is 0 Å². The monoisotopic (exact) mass is 248 g/mol. The minimum Gasteiger partial charge on any atom is -0.434 e. The molecule has 0 atom stereocenters. The van der Waals surface area contributed by atoms with Gasteiger partial charge in [-0.15, -0.1) is 0 Å². The fourth-order valence-corrected chi connectivity index (χ4v) is 1.24. The molecular weight excluding hydrogens is 236 g/mol. The van der Waals surface area contributed by atoms with E-state index in [1.54, 1.807) is 17.1 Å². The second-order valence-electron chi connectivity index (χ2n) is 3.36. The average Bonchev–Trinajstić information content (AvgIpc) is 2.86. The SMILES string of the molecule is CCn1cc(Oc2cnc(/C(N)=N/O)cn2)cn1. The molecule has 0 aliphatic rings. The van der Waals surface area contributed by atoms with Gasteiger partial charge in [0.25, 0.3) is 0 Å². The van der Waals surface area contributed by atoms with Gasteiger partial charge in [-0.3, -0.25) is 4.68 Å². The van der Waals surface area contributed by atoms with Crippen molar-refractivity contribution in [3.8, 4) is 11.6 Å². The predicted octanol–water partition coefficient (Wildman–Crippen LogP) is 0.580. The lowest BCUT2D eigenvalue weighted by atomic mass is 10.4. The first-order valence-corrected chi connectivity index (χ1v) is 5.23. The normalized spacial score (nSPS) is 11.5. The van der Waals surface area contributed by atoms with E-state index in [2.05, 4.69) is 20.2 Å². The van der Waals surface area contributed by atoms with Crippen molar-refractivity contribution in [1.82, 2.24) is 19.7 Å². The molecule has 0 bridgehead atoms. The number of oxime groups is 1. The third-order valence-corrected chi connectivity index (χ3v) is 2.15. The quantitative estimate of drug-likeness (QED) is 0.354. The number of nitrogens with zero attached hydrogens (tertiary/aromatic N) is 5. The highest BCUT2D eigenvalue weighted by atomic mass is 16.5. The van der Waals surface area contributed by atoms with Crippen LogP contribution in [0.5, 0.6) is 11.6 Å². The van der Waals surface area contributed by atoms with Gasteiger partial charge in [0, 0.05) is 6.54 Å². The number of rotatable bonds is 4. The summed E-state index contributed by atoms with van der Waals surface area (Å²) >= 11 is 0. The average molecular weight is 248 g/mol. The largest absolute Gasteiger partial charge is 0.434 e. The summed E-state index contributed by atoms with van der Waals surface area (Å²) in [6.07, 6.45) is 6.08. The van der Waals surface area contributed by atoms with Gasteiger partial charge in [-0.25, -0.2) is 9.97 Å². The molecule has 0 saturated carbocycles. The van der Waals surface area contributed by atoms with Gasteiger partial charge in [0.15, 0.2) is 11.6 Å². The van der Waals surface area contributed by atoms with E-state index in [0.717, 1.165) is 6.54 Å². The molecule has 3 N–H and O–H groups in total. The molecule has 2 aromatic heterocycles. The summed E-state index contributed by atoms with van der Waals surface area (Å²) in [5, 5.41) is 15.4. The number of hydrogen-bond acceptors (Lipinski definition) is 6. The van der Waals surface area contributed by atoms with Crippen molar-refractivity contribution in [2.24, 2.45) is 10.9 Å². The van der Waals surface area contributed by atoms with E-state index < -0.39 is 0 Å². The maximum absolute atomic E-state index is 8.48. The summed E-state index contributed by atoms with van der Waals surface area (Å²) in [7, 11) is 0. The van der Waals surface area contributed by atoms with Gasteiger partial charge in [-0.05, 0) is 6.92 Å². The zero-order valence-corrected chi connectivity index (χ0v) is 9.69. The van der Waals surface area contributed by atoms with Crippen molar-refractivity contribution in [1.29, 1.82) is 0 Å². The van der Waals surface area contributed by atoms with Crippen LogP contribution in [0.2, 0.25) is 0 Å². The van der Waals surface area contributed by atoms with E-state index in [0.29, 0.717) is 11.6 Å². The molecule has 0 radical (unpaired) electrons. The van der Waals surface area contributed by atoms with Gasteiger partial charge in [0.1, 0.15) is 5.69 Å². The first-order chi connectivity index (χ1) is 8.72. The van der Waals surface area contributed by atoms with Gasteiger partial charge in [-0.2, -0.15) is 5.10 Å². The molecule has 0 aliphatic heterocycles. The minimum atomic E-state index is -0.104. The van der Waals surface area contributed by atoms with Crippen LogP contribution in [0.1, 0.15) is 12.6 Å². The van der Waals surface area contributed by atoms with E-state index >= 15 is 0 Å². The minimum absolute atomic E-state index is 0.104. The maximum atomic E-state index is 8.48. The second-order valence-corrected chi connectivity index (χ2v) is 3.36. The van der Waals surface area contributed by atoms with Crippen molar-refractivity contribution in [2.75, 3.05) is 0 Å². The van der Waals surface area contributed by atoms with Crippen molar-refractivity contribution < 1.29 is 9.94 Å². The van der Waals surface area contributed by atoms with Crippen LogP contribution in [0.4, 0.5) is 0 Å². The summed E-state index contributed by atoms with van der Waals surface area (Å²) in [6, 6.07) is 0. The second kappa shape index (κ2) is 5.13. The Bertz CT molecular complexity index is 548. The van der Waals surface area contributed by atoms with Gasteiger partial charge in [-0.1, -0.05) is 5.16 Å². The first-order valence-electron chi connectivity index (χ1n) is 5.23. The molecule has 0 saturated heterocycles. The van der Waals surface area contributed by atoms with Crippen molar-refractivity contribution in [3.05, 3.63) is 30.5 Å². The molecule has 0 unspecified atom stereocenters. The Balaban J connectivity index is 2.10. The van der Waals surface area contributed by atoms with Crippen molar-refractivity contribution in [3.63, 3.8) is 0 Å². The van der Waals surface area contributed by atoms with Crippen molar-refractivity contribution >= 4 is 5.84 Å². The van der Waals surface area contributed by atoms with Crippen LogP contribution in [0, 0.1) is 0 Å². The van der Waals surface area contributed by atoms with E-state index in [1.807, 2.05) is 6.92 Å². The van der Waals surface area contributed by atoms with E-state index in [1.165, 1.54) is 12.4 Å². The third kappa shape index (κ3) is 2.54. The number of amidine groups is 1. The van der Waals surface area contributed by atoms with Crippen LogP contribution in [-0.4, -0.2) is 30.8 Å². The van der Waals surface area contributed by atoms with Crippen LogP contribution in [0.3, 0.4) is 0 Å². The number of hydrogen-bond donors (Lipinski definition) is 2. The molecule has 8 nitrogen and oxygen atoms in total. The summed E-state index contributed by atoms with van der Waals surface area (Å²) in [6.45, 7) is 2.74. The first kappa shape index (κ1) is 11.8. The summed E-state index contributed by atoms with van der Waals surface area (Å²) in [4.78, 5) is 7.93. The fraction of sp³-hybridized carbons (Fsp3) is 0.200. The van der Waals surface area contributed by atoms with Crippen LogP contribution >= 0.6 is 0 Å².